The van der Waals surface area contributed by atoms with Gasteiger partial charge in [0.1, 0.15) is 11.2 Å². The van der Waals surface area contributed by atoms with Gasteiger partial charge in [0.2, 0.25) is 5.91 Å². The molecule has 0 aliphatic carbocycles. The SMILES string of the molecule is CC(C)(C)OC(=O)N(C(=O)Cc1ccc2c(c1)CCOC2CCN1CCN(c2ccc(S(C)(=O)=O)cc2)CC1)C(=O)OC(C)(C)C. The summed E-state index contributed by atoms with van der Waals surface area (Å²) in [5.41, 5.74) is 2.07. The quantitative estimate of drug-likeness (QED) is 0.395. The first kappa shape index (κ1) is 35.4. The number of sulfone groups is 1. The highest BCUT2D eigenvalue weighted by molar-refractivity contribution is 7.90. The third-order valence-corrected chi connectivity index (χ3v) is 8.84. The lowest BCUT2D eigenvalue weighted by molar-refractivity contribution is -0.128. The number of hydrogen-bond acceptors (Lipinski definition) is 10. The summed E-state index contributed by atoms with van der Waals surface area (Å²) in [5, 5.41) is 0. The van der Waals surface area contributed by atoms with Gasteiger partial charge in [0.15, 0.2) is 9.84 Å². The van der Waals surface area contributed by atoms with Gasteiger partial charge in [0, 0.05) is 44.7 Å². The number of ether oxygens (including phenoxy) is 3. The van der Waals surface area contributed by atoms with Crippen LogP contribution in [0.3, 0.4) is 0 Å². The number of carbonyl (C=O) groups excluding carboxylic acids is 3. The molecule has 0 bridgehead atoms. The lowest BCUT2D eigenvalue weighted by Gasteiger charge is -2.37. The Labute approximate surface area is 272 Å². The molecule has 1 unspecified atom stereocenters. The van der Waals surface area contributed by atoms with Crippen LogP contribution >= 0.6 is 0 Å². The second-order valence-corrected chi connectivity index (χ2v) is 15.9. The van der Waals surface area contributed by atoms with E-state index in [-0.39, 0.29) is 12.5 Å². The van der Waals surface area contributed by atoms with Crippen molar-refractivity contribution in [2.75, 3.05) is 50.5 Å². The number of fused-ring (bicyclic) bond motifs is 1. The molecule has 1 saturated heterocycles. The number of anilines is 1. The van der Waals surface area contributed by atoms with Gasteiger partial charge < -0.3 is 19.1 Å². The van der Waals surface area contributed by atoms with Gasteiger partial charge in [0.05, 0.1) is 24.0 Å². The van der Waals surface area contributed by atoms with Crippen LogP contribution in [-0.2, 0) is 41.7 Å². The molecule has 2 aliphatic rings. The molecule has 2 heterocycles. The van der Waals surface area contributed by atoms with Crippen molar-refractivity contribution in [3.8, 4) is 0 Å². The molecular weight excluding hydrogens is 610 g/mol. The highest BCUT2D eigenvalue weighted by Crippen LogP contribution is 2.31. The van der Waals surface area contributed by atoms with Crippen LogP contribution in [0.2, 0.25) is 0 Å². The van der Waals surface area contributed by atoms with Crippen molar-refractivity contribution in [3.63, 3.8) is 0 Å². The van der Waals surface area contributed by atoms with E-state index in [1.807, 2.05) is 30.3 Å². The Morgan fingerprint density at radius 2 is 1.48 bits per heavy atom. The molecule has 2 aromatic carbocycles. The first-order valence-corrected chi connectivity index (χ1v) is 17.6. The Morgan fingerprint density at radius 3 is 2.02 bits per heavy atom. The largest absolute Gasteiger partial charge is 0.443 e. The second kappa shape index (κ2) is 14.1. The van der Waals surface area contributed by atoms with Crippen LogP contribution in [-0.4, -0.2) is 93.1 Å². The molecule has 1 fully saturated rings. The van der Waals surface area contributed by atoms with E-state index in [2.05, 4.69) is 9.80 Å². The predicted molar refractivity (Wildman–Crippen MR) is 175 cm³/mol. The molecule has 1 atom stereocenters. The molecule has 0 spiro atoms. The van der Waals surface area contributed by atoms with Gasteiger partial charge in [-0.3, -0.25) is 9.69 Å². The lowest BCUT2D eigenvalue weighted by Crippen LogP contribution is -2.47. The van der Waals surface area contributed by atoms with Crippen molar-refractivity contribution < 1.29 is 37.0 Å². The molecule has 2 aromatic rings. The average Bonchev–Trinajstić information content (AvgIpc) is 2.94. The molecule has 4 rings (SSSR count). The number of nitrogens with zero attached hydrogens (tertiary/aromatic N) is 3. The summed E-state index contributed by atoms with van der Waals surface area (Å²) in [5.74, 6) is -0.724. The Bertz CT molecular complexity index is 1490. The Balaban J connectivity index is 1.35. The van der Waals surface area contributed by atoms with E-state index in [0.717, 1.165) is 56.0 Å². The Morgan fingerprint density at radius 1 is 0.891 bits per heavy atom. The maximum Gasteiger partial charge on any atom is 0.426 e. The first-order chi connectivity index (χ1) is 21.4. The van der Waals surface area contributed by atoms with Crippen LogP contribution < -0.4 is 4.90 Å². The van der Waals surface area contributed by atoms with Crippen molar-refractivity contribution in [1.29, 1.82) is 0 Å². The van der Waals surface area contributed by atoms with Crippen molar-refractivity contribution in [3.05, 3.63) is 59.2 Å². The molecule has 0 aromatic heterocycles. The van der Waals surface area contributed by atoms with Gasteiger partial charge in [-0.05, 0) is 95.3 Å². The molecule has 0 radical (unpaired) electrons. The number of piperazine rings is 1. The zero-order valence-electron chi connectivity index (χ0n) is 28.0. The predicted octanol–water partition coefficient (Wildman–Crippen LogP) is 5.16. The molecule has 0 saturated carbocycles. The van der Waals surface area contributed by atoms with E-state index >= 15 is 0 Å². The van der Waals surface area contributed by atoms with Gasteiger partial charge in [-0.25, -0.2) is 18.0 Å². The second-order valence-electron chi connectivity index (χ2n) is 13.9. The molecule has 12 heteroatoms. The number of rotatable bonds is 7. The topological polar surface area (TPSA) is 123 Å². The lowest BCUT2D eigenvalue weighted by atomic mass is 9.93. The van der Waals surface area contributed by atoms with Gasteiger partial charge in [-0.2, -0.15) is 0 Å². The van der Waals surface area contributed by atoms with Crippen molar-refractivity contribution in [1.82, 2.24) is 9.80 Å². The van der Waals surface area contributed by atoms with Gasteiger partial charge in [-0.15, -0.1) is 4.90 Å². The minimum atomic E-state index is -3.22. The van der Waals surface area contributed by atoms with Crippen molar-refractivity contribution >= 4 is 33.6 Å². The number of benzene rings is 2. The maximum atomic E-state index is 13.3. The van der Waals surface area contributed by atoms with Gasteiger partial charge >= 0.3 is 12.2 Å². The fourth-order valence-electron chi connectivity index (χ4n) is 5.52. The van der Waals surface area contributed by atoms with Crippen molar-refractivity contribution in [2.45, 2.75) is 83.0 Å². The van der Waals surface area contributed by atoms with E-state index in [1.165, 1.54) is 6.26 Å². The van der Waals surface area contributed by atoms with Crippen LogP contribution in [0.25, 0.3) is 0 Å². The summed E-state index contributed by atoms with van der Waals surface area (Å²) in [6, 6.07) is 12.8. The summed E-state index contributed by atoms with van der Waals surface area (Å²) in [6.07, 6.45) is 0.360. The van der Waals surface area contributed by atoms with Crippen LogP contribution in [0, 0.1) is 0 Å². The standard InChI is InChI=1S/C34H47N3O8S/c1-33(2,3)44-31(39)37(32(40)45-34(4,5)6)30(38)23-24-8-13-28-25(22-24)15-21-43-29(28)14-16-35-17-19-36(20-18-35)26-9-11-27(12-10-26)46(7,41)42/h8-13,22,29H,14-21,23H2,1-7H3. The van der Waals surface area contributed by atoms with Gasteiger partial charge in [0.25, 0.3) is 0 Å². The zero-order chi connectivity index (χ0) is 33.9. The highest BCUT2D eigenvalue weighted by Gasteiger charge is 2.36. The molecule has 3 amide bonds. The number of amides is 3. The number of carbonyl (C=O) groups is 3. The summed E-state index contributed by atoms with van der Waals surface area (Å²) >= 11 is 0. The Kier molecular flexibility index (Phi) is 10.8. The van der Waals surface area contributed by atoms with Crippen LogP contribution in [0.15, 0.2) is 47.4 Å². The van der Waals surface area contributed by atoms with E-state index < -0.39 is 39.1 Å². The molecule has 0 N–H and O–H groups in total. The van der Waals surface area contributed by atoms with Gasteiger partial charge in [-0.1, -0.05) is 18.2 Å². The maximum absolute atomic E-state index is 13.3. The summed E-state index contributed by atoms with van der Waals surface area (Å²) < 4.78 is 40.4. The van der Waals surface area contributed by atoms with Crippen LogP contribution in [0.5, 0.6) is 0 Å². The monoisotopic (exact) mass is 657 g/mol. The fraction of sp³-hybridized carbons (Fsp3) is 0.559. The highest BCUT2D eigenvalue weighted by atomic mass is 32.2. The van der Waals surface area contributed by atoms with E-state index in [4.69, 9.17) is 14.2 Å². The Hall–Kier alpha value is -3.48. The van der Waals surface area contributed by atoms with Crippen LogP contribution in [0.1, 0.15) is 70.8 Å². The van der Waals surface area contributed by atoms with E-state index in [0.29, 0.717) is 28.4 Å². The summed E-state index contributed by atoms with van der Waals surface area (Å²) in [4.78, 5) is 44.5. The molecular formula is C34H47N3O8S. The summed E-state index contributed by atoms with van der Waals surface area (Å²) in [6.45, 7) is 14.9. The molecule has 46 heavy (non-hydrogen) atoms. The third kappa shape index (κ3) is 9.76. The number of imide groups is 3. The summed E-state index contributed by atoms with van der Waals surface area (Å²) in [7, 11) is -3.22. The van der Waals surface area contributed by atoms with E-state index in [1.54, 1.807) is 53.7 Å². The minimum Gasteiger partial charge on any atom is -0.443 e. The smallest absolute Gasteiger partial charge is 0.426 e. The molecule has 252 valence electrons. The van der Waals surface area contributed by atoms with Crippen LogP contribution in [0.4, 0.5) is 15.3 Å². The molecule has 2 aliphatic heterocycles. The third-order valence-electron chi connectivity index (χ3n) is 7.71. The molecule has 11 nitrogen and oxygen atoms in total. The first-order valence-electron chi connectivity index (χ1n) is 15.7. The van der Waals surface area contributed by atoms with E-state index in [9.17, 15) is 22.8 Å². The zero-order valence-corrected chi connectivity index (χ0v) is 28.8. The normalized spacial score (nSPS) is 17.6. The average molecular weight is 658 g/mol. The van der Waals surface area contributed by atoms with Crippen molar-refractivity contribution in [2.24, 2.45) is 0 Å². The minimum absolute atomic E-state index is 0.0740. The fourth-order valence-corrected chi connectivity index (χ4v) is 6.15. The number of hydrogen-bond donors (Lipinski definition) is 0.